The predicted molar refractivity (Wildman–Crippen MR) is 169 cm³/mol. The minimum absolute atomic E-state index is 0.0726. The monoisotopic (exact) mass is 598 g/mol. The zero-order valence-corrected chi connectivity index (χ0v) is 25.3. The van der Waals surface area contributed by atoms with Crippen LogP contribution in [0.2, 0.25) is 0 Å². The Morgan fingerprint density at radius 2 is 1.75 bits per heavy atom. The summed E-state index contributed by atoms with van der Waals surface area (Å²) in [5, 5.41) is 11.7. The Morgan fingerprint density at radius 3 is 2.43 bits per heavy atom. The molecule has 1 fully saturated rings. The van der Waals surface area contributed by atoms with Crippen molar-refractivity contribution in [3.63, 3.8) is 0 Å². The average Bonchev–Trinajstić information content (AvgIpc) is 3.37. The molecular weight excluding hydrogens is 560 g/mol. The fourth-order valence-corrected chi connectivity index (χ4v) is 5.49. The molecule has 0 unspecified atom stereocenters. The van der Waals surface area contributed by atoms with Crippen molar-refractivity contribution in [1.29, 1.82) is 0 Å². The highest BCUT2D eigenvalue weighted by Gasteiger charge is 2.22. The summed E-state index contributed by atoms with van der Waals surface area (Å²) in [7, 11) is 3.10. The van der Waals surface area contributed by atoms with Gasteiger partial charge in [0, 0.05) is 48.8 Å². The Balaban J connectivity index is 1.29. The standard InChI is InChI=1S/C34H38N4O6/c1-22-20-28-29(21-27(22)34(41)43-3)36-33(40)30(28)31(23-8-5-4-6-9-23)35-25-12-10-24(11-13-25)32(39)37-44-19-7-16-38-17-14-26(42-2)15-18-38/h4-6,8-13,20-21,26,36,40H,7,14-19H2,1-3H3,(H,37,39). The molecule has 0 atom stereocenters. The number of aromatic amines is 1. The first kappa shape index (κ1) is 30.9. The van der Waals surface area contributed by atoms with Crippen molar-refractivity contribution in [3.8, 4) is 5.88 Å². The van der Waals surface area contributed by atoms with Crippen LogP contribution in [0, 0.1) is 6.92 Å². The Bertz CT molecular complexity index is 1620. The maximum absolute atomic E-state index is 12.7. The van der Waals surface area contributed by atoms with Crippen molar-refractivity contribution < 1.29 is 29.0 Å². The van der Waals surface area contributed by atoms with Crippen molar-refractivity contribution >= 4 is 34.2 Å². The van der Waals surface area contributed by atoms with Gasteiger partial charge in [0.2, 0.25) is 0 Å². The second-order valence-corrected chi connectivity index (χ2v) is 10.8. The van der Waals surface area contributed by atoms with Crippen LogP contribution in [0.15, 0.2) is 71.7 Å². The lowest BCUT2D eigenvalue weighted by atomic mass is 9.98. The number of piperidine rings is 1. The number of rotatable bonds is 11. The second kappa shape index (κ2) is 14.3. The molecule has 230 valence electrons. The molecule has 0 saturated carbocycles. The van der Waals surface area contributed by atoms with Gasteiger partial charge in [0.25, 0.3) is 5.91 Å². The first-order chi connectivity index (χ1) is 21.4. The SMILES string of the molecule is COC(=O)c1cc2[nH]c(O)c(C(=Nc3ccc(C(=O)NOCCCN4CCC(OC)CC4)cc3)c3ccccc3)c2cc1C. The van der Waals surface area contributed by atoms with Crippen LogP contribution in [0.3, 0.4) is 0 Å². The normalized spacial score (nSPS) is 14.6. The molecule has 2 heterocycles. The molecule has 1 saturated heterocycles. The van der Waals surface area contributed by atoms with E-state index in [-0.39, 0.29) is 11.8 Å². The molecule has 0 spiro atoms. The van der Waals surface area contributed by atoms with Gasteiger partial charge in [-0.3, -0.25) is 9.63 Å². The van der Waals surface area contributed by atoms with Crippen LogP contribution >= 0.6 is 0 Å². The van der Waals surface area contributed by atoms with E-state index in [4.69, 9.17) is 19.3 Å². The molecule has 3 aromatic carbocycles. The van der Waals surface area contributed by atoms with E-state index in [0.29, 0.717) is 57.3 Å². The van der Waals surface area contributed by atoms with Crippen LogP contribution in [0.1, 0.15) is 56.7 Å². The zero-order chi connectivity index (χ0) is 31.1. The first-order valence-corrected chi connectivity index (χ1v) is 14.7. The van der Waals surface area contributed by atoms with E-state index < -0.39 is 5.97 Å². The summed E-state index contributed by atoms with van der Waals surface area (Å²) in [6, 6.07) is 19.9. The van der Waals surface area contributed by atoms with E-state index in [0.717, 1.165) is 44.5 Å². The largest absolute Gasteiger partial charge is 0.494 e. The van der Waals surface area contributed by atoms with Crippen molar-refractivity contribution in [3.05, 3.63) is 94.5 Å². The lowest BCUT2D eigenvalue weighted by Crippen LogP contribution is -2.37. The Hall–Kier alpha value is -4.51. The highest BCUT2D eigenvalue weighted by Crippen LogP contribution is 2.33. The number of benzene rings is 3. The number of aromatic nitrogens is 1. The number of nitrogens with one attached hydrogen (secondary N) is 2. The molecule has 10 heteroatoms. The van der Waals surface area contributed by atoms with Gasteiger partial charge in [0.1, 0.15) is 0 Å². The maximum Gasteiger partial charge on any atom is 0.338 e. The molecule has 3 N–H and O–H groups in total. The molecule has 0 aliphatic carbocycles. The number of hydroxylamine groups is 1. The van der Waals surface area contributed by atoms with Gasteiger partial charge >= 0.3 is 5.97 Å². The molecule has 1 aliphatic heterocycles. The number of aryl methyl sites for hydroxylation is 1. The molecule has 1 aliphatic rings. The van der Waals surface area contributed by atoms with Crippen molar-refractivity contribution in [1.82, 2.24) is 15.4 Å². The molecule has 1 amide bonds. The van der Waals surface area contributed by atoms with Gasteiger partial charge in [-0.25, -0.2) is 15.3 Å². The fourth-order valence-electron chi connectivity index (χ4n) is 5.49. The molecule has 44 heavy (non-hydrogen) atoms. The van der Waals surface area contributed by atoms with Gasteiger partial charge in [-0.15, -0.1) is 0 Å². The predicted octanol–water partition coefficient (Wildman–Crippen LogP) is 5.30. The number of carbonyl (C=O) groups excluding carboxylic acids is 2. The number of aliphatic imine (C=N–C) groups is 1. The van der Waals surface area contributed by atoms with E-state index >= 15 is 0 Å². The van der Waals surface area contributed by atoms with Crippen LogP contribution in [-0.4, -0.2) is 79.1 Å². The number of aromatic hydroxyl groups is 1. The van der Waals surface area contributed by atoms with E-state index in [9.17, 15) is 14.7 Å². The van der Waals surface area contributed by atoms with Crippen molar-refractivity contribution in [2.45, 2.75) is 32.3 Å². The van der Waals surface area contributed by atoms with Crippen molar-refractivity contribution in [2.75, 3.05) is 40.5 Å². The zero-order valence-electron chi connectivity index (χ0n) is 25.3. The topological polar surface area (TPSA) is 125 Å². The number of methoxy groups -OCH3 is 2. The van der Waals surface area contributed by atoms with Crippen molar-refractivity contribution in [2.24, 2.45) is 4.99 Å². The summed E-state index contributed by atoms with van der Waals surface area (Å²) in [6.45, 7) is 5.19. The van der Waals surface area contributed by atoms with Crippen LogP contribution in [-0.2, 0) is 14.3 Å². The van der Waals surface area contributed by atoms with E-state index in [1.54, 1.807) is 37.4 Å². The highest BCUT2D eigenvalue weighted by atomic mass is 16.6. The number of nitrogens with zero attached hydrogens (tertiary/aromatic N) is 2. The number of fused-ring (bicyclic) bond motifs is 1. The van der Waals surface area contributed by atoms with Gasteiger partial charge in [0.05, 0.1) is 42.3 Å². The molecule has 0 bridgehead atoms. The molecular formula is C34H38N4O6. The maximum atomic E-state index is 12.7. The van der Waals surface area contributed by atoms with Gasteiger partial charge in [-0.1, -0.05) is 30.3 Å². The number of amides is 1. The number of hydrogen-bond acceptors (Lipinski definition) is 8. The minimum Gasteiger partial charge on any atom is -0.494 e. The number of hydrogen-bond donors (Lipinski definition) is 3. The third kappa shape index (κ3) is 7.16. The summed E-state index contributed by atoms with van der Waals surface area (Å²) in [5.74, 6) is -0.863. The number of carbonyl (C=O) groups is 2. The minimum atomic E-state index is -0.454. The Morgan fingerprint density at radius 1 is 1.02 bits per heavy atom. The van der Waals surface area contributed by atoms with Crippen LogP contribution in [0.5, 0.6) is 5.88 Å². The third-order valence-corrected chi connectivity index (χ3v) is 7.94. The molecule has 4 aromatic rings. The average molecular weight is 599 g/mol. The van der Waals surface area contributed by atoms with E-state index in [1.807, 2.05) is 43.3 Å². The van der Waals surface area contributed by atoms with Crippen LogP contribution in [0.25, 0.3) is 10.9 Å². The lowest BCUT2D eigenvalue weighted by molar-refractivity contribution is 0.0197. The summed E-state index contributed by atoms with van der Waals surface area (Å²) in [6.07, 6.45) is 3.26. The molecule has 10 nitrogen and oxygen atoms in total. The quantitative estimate of drug-likeness (QED) is 0.0926. The summed E-state index contributed by atoms with van der Waals surface area (Å²) < 4.78 is 10.3. The molecule has 0 radical (unpaired) electrons. The van der Waals surface area contributed by atoms with Crippen LogP contribution in [0.4, 0.5) is 5.69 Å². The van der Waals surface area contributed by atoms with Gasteiger partial charge in [-0.2, -0.15) is 0 Å². The van der Waals surface area contributed by atoms with Gasteiger partial charge in [0.15, 0.2) is 5.88 Å². The smallest absolute Gasteiger partial charge is 0.338 e. The van der Waals surface area contributed by atoms with E-state index in [2.05, 4.69) is 15.4 Å². The lowest BCUT2D eigenvalue weighted by Gasteiger charge is -2.30. The summed E-state index contributed by atoms with van der Waals surface area (Å²) in [4.78, 5) is 40.6. The fraction of sp³-hybridized carbons (Fsp3) is 0.324. The Labute approximate surface area is 256 Å². The number of likely N-dealkylation sites (tertiary alicyclic amines) is 1. The first-order valence-electron chi connectivity index (χ1n) is 14.7. The molecule has 1 aromatic heterocycles. The number of ether oxygens (including phenoxy) is 2. The number of esters is 1. The third-order valence-electron chi connectivity index (χ3n) is 7.94. The number of H-pyrrole nitrogens is 1. The highest BCUT2D eigenvalue weighted by molar-refractivity contribution is 6.22. The molecule has 5 rings (SSSR count). The summed E-state index contributed by atoms with van der Waals surface area (Å²) in [5.41, 5.74) is 7.08. The van der Waals surface area contributed by atoms with Crippen LogP contribution < -0.4 is 5.48 Å². The van der Waals surface area contributed by atoms with Gasteiger partial charge < -0.3 is 24.5 Å². The Kier molecular flexibility index (Phi) is 10.1. The second-order valence-electron chi connectivity index (χ2n) is 10.8. The van der Waals surface area contributed by atoms with E-state index in [1.165, 1.54) is 7.11 Å². The summed E-state index contributed by atoms with van der Waals surface area (Å²) >= 11 is 0. The van der Waals surface area contributed by atoms with Gasteiger partial charge in [-0.05, 0) is 68.1 Å².